The standard InChI is InChI=1S/C20H16BrIN2O4/c1-12-4-3-5-15(6-12)24-20(26)14(10-23)7-13-8-16(21)19(17(22)9-13)28-11-18(25)27-2/h3-9H,11H2,1-2H3,(H,24,26)/b14-7-. The van der Waals surface area contributed by atoms with Gasteiger partial charge in [0.05, 0.1) is 15.2 Å². The third kappa shape index (κ3) is 6.07. The first-order valence-electron chi connectivity index (χ1n) is 8.02. The van der Waals surface area contributed by atoms with Crippen LogP contribution in [0.25, 0.3) is 6.08 Å². The van der Waals surface area contributed by atoms with Gasteiger partial charge in [0.1, 0.15) is 17.4 Å². The van der Waals surface area contributed by atoms with Gasteiger partial charge in [0.25, 0.3) is 5.91 Å². The van der Waals surface area contributed by atoms with Gasteiger partial charge in [-0.2, -0.15) is 5.26 Å². The van der Waals surface area contributed by atoms with Crippen LogP contribution in [0.5, 0.6) is 5.75 Å². The molecular weight excluding hydrogens is 539 g/mol. The van der Waals surface area contributed by atoms with Gasteiger partial charge in [-0.1, -0.05) is 12.1 Å². The Bertz CT molecular complexity index is 959. The highest BCUT2D eigenvalue weighted by molar-refractivity contribution is 14.1. The van der Waals surface area contributed by atoms with Gasteiger partial charge in [-0.25, -0.2) is 4.79 Å². The highest BCUT2D eigenvalue weighted by Gasteiger charge is 2.13. The number of nitriles is 1. The van der Waals surface area contributed by atoms with Gasteiger partial charge in [-0.3, -0.25) is 4.79 Å². The van der Waals surface area contributed by atoms with Crippen molar-refractivity contribution in [2.75, 3.05) is 19.0 Å². The molecular formula is C20H16BrIN2O4. The molecule has 0 bridgehead atoms. The first-order chi connectivity index (χ1) is 13.3. The van der Waals surface area contributed by atoms with Crippen LogP contribution in [0, 0.1) is 21.8 Å². The van der Waals surface area contributed by atoms with Crippen molar-refractivity contribution in [3.05, 3.63) is 61.1 Å². The van der Waals surface area contributed by atoms with E-state index in [0.717, 1.165) is 5.56 Å². The highest BCUT2D eigenvalue weighted by Crippen LogP contribution is 2.32. The second kappa shape index (κ2) is 10.2. The minimum absolute atomic E-state index is 0.0348. The van der Waals surface area contributed by atoms with Gasteiger partial charge in [-0.05, 0) is 86.9 Å². The van der Waals surface area contributed by atoms with Crippen molar-refractivity contribution < 1.29 is 19.1 Å². The van der Waals surface area contributed by atoms with Gasteiger partial charge < -0.3 is 14.8 Å². The molecule has 0 aliphatic heterocycles. The number of carbonyl (C=O) groups is 2. The molecule has 1 amide bonds. The van der Waals surface area contributed by atoms with Crippen LogP contribution in [0.2, 0.25) is 0 Å². The van der Waals surface area contributed by atoms with E-state index in [1.807, 2.05) is 53.8 Å². The summed E-state index contributed by atoms with van der Waals surface area (Å²) in [5.41, 5.74) is 2.22. The number of esters is 1. The quantitative estimate of drug-likeness (QED) is 0.246. The van der Waals surface area contributed by atoms with Crippen LogP contribution in [0.4, 0.5) is 5.69 Å². The summed E-state index contributed by atoms with van der Waals surface area (Å²) in [7, 11) is 1.28. The molecule has 0 unspecified atom stereocenters. The Balaban J connectivity index is 2.22. The number of nitrogens with one attached hydrogen (secondary N) is 1. The van der Waals surface area contributed by atoms with E-state index in [-0.39, 0.29) is 12.2 Å². The van der Waals surface area contributed by atoms with Gasteiger partial charge in [-0.15, -0.1) is 0 Å². The van der Waals surface area contributed by atoms with Gasteiger partial charge in [0.15, 0.2) is 6.61 Å². The lowest BCUT2D eigenvalue weighted by Crippen LogP contribution is -2.14. The number of rotatable bonds is 6. The largest absolute Gasteiger partial charge is 0.480 e. The number of carbonyl (C=O) groups excluding carboxylic acids is 2. The molecule has 0 fully saturated rings. The summed E-state index contributed by atoms with van der Waals surface area (Å²) in [6.45, 7) is 1.70. The zero-order chi connectivity index (χ0) is 20.7. The molecule has 0 aliphatic rings. The van der Waals surface area contributed by atoms with Crippen LogP contribution >= 0.6 is 38.5 Å². The maximum absolute atomic E-state index is 12.4. The number of benzene rings is 2. The van der Waals surface area contributed by atoms with Crippen LogP contribution < -0.4 is 10.1 Å². The summed E-state index contributed by atoms with van der Waals surface area (Å²) < 4.78 is 11.3. The molecule has 144 valence electrons. The normalized spacial score (nSPS) is 10.8. The molecule has 0 saturated heterocycles. The lowest BCUT2D eigenvalue weighted by atomic mass is 10.1. The molecule has 2 aromatic carbocycles. The molecule has 0 aliphatic carbocycles. The van der Waals surface area contributed by atoms with Crippen molar-refractivity contribution in [3.63, 3.8) is 0 Å². The second-order valence-electron chi connectivity index (χ2n) is 5.67. The molecule has 6 nitrogen and oxygen atoms in total. The molecule has 2 aromatic rings. The van der Waals surface area contributed by atoms with Crippen molar-refractivity contribution in [3.8, 4) is 11.8 Å². The van der Waals surface area contributed by atoms with Gasteiger partial charge >= 0.3 is 5.97 Å². The van der Waals surface area contributed by atoms with Crippen LogP contribution in [-0.4, -0.2) is 25.6 Å². The molecule has 0 saturated carbocycles. The molecule has 0 radical (unpaired) electrons. The molecule has 8 heteroatoms. The van der Waals surface area contributed by atoms with E-state index in [4.69, 9.17) is 4.74 Å². The molecule has 1 N–H and O–H groups in total. The Morgan fingerprint density at radius 2 is 2.07 bits per heavy atom. The number of halogens is 2. The fourth-order valence-corrected chi connectivity index (χ4v) is 4.00. The van der Waals surface area contributed by atoms with E-state index in [1.165, 1.54) is 13.2 Å². The van der Waals surface area contributed by atoms with E-state index in [2.05, 4.69) is 26.0 Å². The lowest BCUT2D eigenvalue weighted by Gasteiger charge is -2.10. The molecule has 0 spiro atoms. The third-order valence-electron chi connectivity index (χ3n) is 3.53. The van der Waals surface area contributed by atoms with Crippen LogP contribution in [-0.2, 0) is 14.3 Å². The Morgan fingerprint density at radius 3 is 2.68 bits per heavy atom. The maximum Gasteiger partial charge on any atom is 0.343 e. The third-order valence-corrected chi connectivity index (χ3v) is 4.92. The maximum atomic E-state index is 12.4. The zero-order valence-electron chi connectivity index (χ0n) is 15.1. The van der Waals surface area contributed by atoms with Crippen LogP contribution in [0.1, 0.15) is 11.1 Å². The summed E-state index contributed by atoms with van der Waals surface area (Å²) in [6.07, 6.45) is 1.49. The number of hydrogen-bond acceptors (Lipinski definition) is 5. The lowest BCUT2D eigenvalue weighted by molar-refractivity contribution is -0.142. The minimum atomic E-state index is -0.495. The number of methoxy groups -OCH3 is 1. The van der Waals surface area contributed by atoms with E-state index >= 15 is 0 Å². The molecule has 28 heavy (non-hydrogen) atoms. The van der Waals surface area contributed by atoms with Crippen molar-refractivity contribution >= 4 is 62.2 Å². The summed E-state index contributed by atoms with van der Waals surface area (Å²) in [5, 5.41) is 12.1. The fourth-order valence-electron chi connectivity index (χ4n) is 2.23. The van der Waals surface area contributed by atoms with E-state index in [9.17, 15) is 14.9 Å². The Labute approximate surface area is 184 Å². The summed E-state index contributed by atoms with van der Waals surface area (Å²) >= 11 is 5.44. The number of nitrogens with zero attached hydrogens (tertiary/aromatic N) is 1. The average molecular weight is 555 g/mol. The van der Waals surface area contributed by atoms with Crippen molar-refractivity contribution in [1.29, 1.82) is 5.26 Å². The first-order valence-corrected chi connectivity index (χ1v) is 9.89. The first kappa shape index (κ1) is 21.9. The van der Waals surface area contributed by atoms with Gasteiger partial charge in [0, 0.05) is 5.69 Å². The molecule has 0 heterocycles. The second-order valence-corrected chi connectivity index (χ2v) is 7.69. The van der Waals surface area contributed by atoms with Crippen LogP contribution in [0.15, 0.2) is 46.4 Å². The van der Waals surface area contributed by atoms with E-state index < -0.39 is 11.9 Å². The number of ether oxygens (including phenoxy) is 2. The summed E-state index contributed by atoms with van der Waals surface area (Å²) in [5.74, 6) is -0.512. The summed E-state index contributed by atoms with van der Waals surface area (Å²) in [4.78, 5) is 23.7. The number of aryl methyl sites for hydroxylation is 1. The smallest absolute Gasteiger partial charge is 0.343 e. The highest BCUT2D eigenvalue weighted by atomic mass is 127. The number of anilines is 1. The van der Waals surface area contributed by atoms with Crippen LogP contribution in [0.3, 0.4) is 0 Å². The van der Waals surface area contributed by atoms with E-state index in [0.29, 0.717) is 25.0 Å². The van der Waals surface area contributed by atoms with Crippen molar-refractivity contribution in [2.24, 2.45) is 0 Å². The Morgan fingerprint density at radius 1 is 1.32 bits per heavy atom. The SMILES string of the molecule is COC(=O)COc1c(Br)cc(/C=C(/C#N)C(=O)Nc2cccc(C)c2)cc1I. The Hall–Kier alpha value is -2.38. The van der Waals surface area contributed by atoms with Crippen molar-refractivity contribution in [2.45, 2.75) is 6.92 Å². The molecule has 0 atom stereocenters. The van der Waals surface area contributed by atoms with Gasteiger partial charge in [0.2, 0.25) is 0 Å². The topological polar surface area (TPSA) is 88.4 Å². The molecule has 0 aromatic heterocycles. The predicted octanol–water partition coefficient (Wildman–Crippen LogP) is 4.46. The van der Waals surface area contributed by atoms with E-state index in [1.54, 1.807) is 18.2 Å². The number of hydrogen-bond donors (Lipinski definition) is 1. The summed E-state index contributed by atoms with van der Waals surface area (Å²) in [6, 6.07) is 12.7. The zero-order valence-corrected chi connectivity index (χ0v) is 18.8. The average Bonchev–Trinajstić information content (AvgIpc) is 2.65. The van der Waals surface area contributed by atoms with Crippen molar-refractivity contribution in [1.82, 2.24) is 0 Å². The predicted molar refractivity (Wildman–Crippen MR) is 118 cm³/mol. The Kier molecular flexibility index (Phi) is 8.02. The number of amides is 1. The minimum Gasteiger partial charge on any atom is -0.480 e. The molecule has 2 rings (SSSR count). The monoisotopic (exact) mass is 554 g/mol. The fraction of sp³-hybridized carbons (Fsp3) is 0.150.